The first-order valence-corrected chi connectivity index (χ1v) is 22.5. The molecule has 1 aromatic carbocycles. The van der Waals surface area contributed by atoms with Crippen molar-refractivity contribution in [1.29, 1.82) is 0 Å². The van der Waals surface area contributed by atoms with Crippen molar-refractivity contribution in [3.8, 4) is 0 Å². The normalized spacial score (nSPS) is 41.9. The predicted molar refractivity (Wildman–Crippen MR) is 235 cm³/mol. The highest BCUT2D eigenvalue weighted by Gasteiger charge is 2.53. The SMILES string of the molecule is COC1(C)CC(O[C@H]2[C@H](C)[C@@H](OC3OC(C)CC(N(C)C)C3O)[C@](C)(O)C[C@@H](C)C(=O)[C@H](C)[C@@H](O)[C@](C)(O)[C@@H](CCNC(=O)c3ccnc4ccccc34)OC(=O)[C@@H]2C)OC(C)C1O. The Morgan fingerprint density at radius 3 is 2.25 bits per heavy atom. The first kappa shape index (κ1) is 51.8. The Morgan fingerprint density at radius 1 is 0.922 bits per heavy atom. The van der Waals surface area contributed by atoms with Crippen molar-refractivity contribution in [2.45, 2.75) is 172 Å². The zero-order chi connectivity index (χ0) is 47.6. The van der Waals surface area contributed by atoms with Gasteiger partial charge in [-0.15, -0.1) is 0 Å². The number of fused-ring (bicyclic) bond motifs is 1. The number of nitrogens with one attached hydrogen (secondary N) is 1. The molecule has 6 N–H and O–H groups in total. The number of esters is 1. The minimum atomic E-state index is -2.23. The summed E-state index contributed by atoms with van der Waals surface area (Å²) in [6, 6.07) is 8.37. The zero-order valence-corrected chi connectivity index (χ0v) is 39.5. The summed E-state index contributed by atoms with van der Waals surface area (Å²) in [7, 11) is 5.13. The van der Waals surface area contributed by atoms with Gasteiger partial charge < -0.3 is 64.2 Å². The predicted octanol–water partition coefficient (Wildman–Crippen LogP) is 2.74. The second-order valence-corrected chi connectivity index (χ2v) is 19.5. The smallest absolute Gasteiger partial charge is 0.311 e. The van der Waals surface area contributed by atoms with Crippen LogP contribution < -0.4 is 5.32 Å². The Labute approximate surface area is 377 Å². The van der Waals surface area contributed by atoms with Gasteiger partial charge >= 0.3 is 5.97 Å². The van der Waals surface area contributed by atoms with Gasteiger partial charge in [0.25, 0.3) is 5.91 Å². The maximum atomic E-state index is 14.7. The minimum Gasteiger partial charge on any atom is -0.459 e. The van der Waals surface area contributed by atoms with Gasteiger partial charge in [-0.1, -0.05) is 39.0 Å². The fraction of sp³-hybridized carbons (Fsp3) is 0.745. The molecule has 5 rings (SSSR count). The van der Waals surface area contributed by atoms with E-state index in [0.717, 1.165) is 0 Å². The molecule has 0 radical (unpaired) electrons. The maximum Gasteiger partial charge on any atom is 0.311 e. The van der Waals surface area contributed by atoms with E-state index in [4.69, 9.17) is 28.4 Å². The summed E-state index contributed by atoms with van der Waals surface area (Å²) in [6.07, 6.45) is -9.66. The number of hydrogen-bond acceptors (Lipinski definition) is 16. The van der Waals surface area contributed by atoms with Crippen molar-refractivity contribution in [3.63, 3.8) is 0 Å². The number of aromatic nitrogens is 1. The van der Waals surface area contributed by atoms with Crippen molar-refractivity contribution in [2.75, 3.05) is 27.7 Å². The topological polar surface area (TPSA) is 236 Å². The fourth-order valence-corrected chi connectivity index (χ4v) is 9.97. The first-order chi connectivity index (χ1) is 29.8. The van der Waals surface area contributed by atoms with Gasteiger partial charge in [-0.25, -0.2) is 0 Å². The number of likely N-dealkylation sites (N-methyl/N-ethyl adjacent to an activating group) is 1. The van der Waals surface area contributed by atoms with Crippen LogP contribution in [0.15, 0.2) is 36.5 Å². The van der Waals surface area contributed by atoms with E-state index < -0.39 is 113 Å². The highest BCUT2D eigenvalue weighted by molar-refractivity contribution is 6.05. The van der Waals surface area contributed by atoms with Crippen LogP contribution in [0.2, 0.25) is 0 Å². The van der Waals surface area contributed by atoms with Crippen LogP contribution in [-0.2, 0) is 38.0 Å². The number of carbonyl (C=O) groups is 3. The van der Waals surface area contributed by atoms with Crippen LogP contribution in [0.4, 0.5) is 0 Å². The molecule has 1 aromatic heterocycles. The molecule has 3 saturated heterocycles. The monoisotopic (exact) mass is 904 g/mol. The molecule has 3 aliphatic rings. The third-order valence-electron chi connectivity index (χ3n) is 14.0. The second-order valence-electron chi connectivity index (χ2n) is 19.5. The van der Waals surface area contributed by atoms with Gasteiger partial charge in [-0.3, -0.25) is 19.4 Å². The molecule has 8 unspecified atom stereocenters. The number of rotatable bonds is 10. The number of ketones is 1. The van der Waals surface area contributed by atoms with Gasteiger partial charge in [0.2, 0.25) is 0 Å². The van der Waals surface area contributed by atoms with E-state index >= 15 is 0 Å². The number of pyridine rings is 1. The minimum absolute atomic E-state index is 0.0355. The summed E-state index contributed by atoms with van der Waals surface area (Å²) in [5.74, 6) is -6.07. The molecule has 0 spiro atoms. The number of ether oxygens (including phenoxy) is 6. The highest BCUT2D eigenvalue weighted by atomic mass is 16.7. The van der Waals surface area contributed by atoms with Crippen molar-refractivity contribution >= 4 is 28.6 Å². The number of Topliss-reactive ketones (excluding diaryl/α,β-unsaturated/α-hetero) is 1. The van der Waals surface area contributed by atoms with Crippen molar-refractivity contribution in [1.82, 2.24) is 15.2 Å². The molecule has 3 aliphatic heterocycles. The number of aliphatic hydroxyl groups excluding tert-OH is 3. The lowest BCUT2D eigenvalue weighted by atomic mass is 9.74. The Balaban J connectivity index is 1.55. The van der Waals surface area contributed by atoms with Crippen LogP contribution in [0, 0.1) is 23.7 Å². The summed E-state index contributed by atoms with van der Waals surface area (Å²) in [6.45, 7) is 14.2. The largest absolute Gasteiger partial charge is 0.459 e. The van der Waals surface area contributed by atoms with Gasteiger partial charge in [0.15, 0.2) is 12.6 Å². The van der Waals surface area contributed by atoms with Crippen LogP contribution in [0.3, 0.4) is 0 Å². The van der Waals surface area contributed by atoms with Gasteiger partial charge in [-0.2, -0.15) is 0 Å². The first-order valence-electron chi connectivity index (χ1n) is 22.5. The molecule has 0 saturated carbocycles. The van der Waals surface area contributed by atoms with Crippen molar-refractivity contribution < 1.29 is 68.3 Å². The molecule has 4 heterocycles. The van der Waals surface area contributed by atoms with Gasteiger partial charge in [-0.05, 0) is 80.6 Å². The molecule has 1 amide bonds. The fourth-order valence-electron chi connectivity index (χ4n) is 9.97. The van der Waals surface area contributed by atoms with Crippen LogP contribution in [0.5, 0.6) is 0 Å². The van der Waals surface area contributed by atoms with E-state index in [1.54, 1.807) is 58.9 Å². The molecule has 17 nitrogen and oxygen atoms in total. The van der Waals surface area contributed by atoms with E-state index in [1.807, 2.05) is 32.0 Å². The lowest BCUT2D eigenvalue weighted by Gasteiger charge is -2.49. The molecular formula is C47H73N3O14. The number of amides is 1. The molecule has 64 heavy (non-hydrogen) atoms. The highest BCUT2D eigenvalue weighted by Crippen LogP contribution is 2.41. The number of hydrogen-bond donors (Lipinski definition) is 6. The van der Waals surface area contributed by atoms with Crippen molar-refractivity contribution in [3.05, 3.63) is 42.1 Å². The lowest BCUT2D eigenvalue weighted by molar-refractivity contribution is -0.318. The summed E-state index contributed by atoms with van der Waals surface area (Å²) in [4.78, 5) is 48.6. The Kier molecular flexibility index (Phi) is 16.8. The quantitative estimate of drug-likeness (QED) is 0.188. The Bertz CT molecular complexity index is 1910. The third-order valence-corrected chi connectivity index (χ3v) is 14.0. The number of methoxy groups -OCH3 is 1. The second kappa shape index (κ2) is 20.8. The summed E-state index contributed by atoms with van der Waals surface area (Å²) in [5.41, 5.74) is -4.24. The van der Waals surface area contributed by atoms with E-state index in [9.17, 15) is 39.9 Å². The van der Waals surface area contributed by atoms with E-state index in [0.29, 0.717) is 22.9 Å². The number of carbonyl (C=O) groups excluding carboxylic acids is 3. The molecule has 18 atom stereocenters. The van der Waals surface area contributed by atoms with E-state index in [2.05, 4.69) is 10.3 Å². The average molecular weight is 904 g/mol. The van der Waals surface area contributed by atoms with Gasteiger partial charge in [0.1, 0.15) is 29.7 Å². The standard InChI is InChI=1S/C47H73N3O14/c1-24-22-45(7,57)41(64-44-37(52)33(50(10)11)21-25(2)60-44)27(4)38(63-35-23-46(8,59-12)40(54)29(6)61-35)28(5)43(56)62-34(47(9,58)39(53)26(3)36(24)51)18-20-49-42(55)31-17-19-48-32-16-14-13-15-30(31)32/h13-17,19,24-29,33-35,37-41,44,52-54,57-58H,18,20-23H2,1-12H3,(H,49,55)/t24-,25?,26+,27+,28-,29?,33?,34-,35?,37?,38+,39-,40?,41-,44?,45-,46?,47-/m1/s1. The number of cyclic esters (lactones) is 1. The third kappa shape index (κ3) is 11.1. The maximum absolute atomic E-state index is 14.7. The number of para-hydroxylation sites is 1. The van der Waals surface area contributed by atoms with Gasteiger partial charge in [0.05, 0.1) is 58.7 Å². The Hall–Kier alpha value is -3.20. The summed E-state index contributed by atoms with van der Waals surface area (Å²) >= 11 is 0. The van der Waals surface area contributed by atoms with Gasteiger partial charge in [0, 0.05) is 61.9 Å². The number of aliphatic hydroxyl groups is 5. The van der Waals surface area contributed by atoms with E-state index in [1.165, 1.54) is 34.1 Å². The molecule has 3 fully saturated rings. The van der Waals surface area contributed by atoms with E-state index in [-0.39, 0.29) is 38.0 Å². The zero-order valence-electron chi connectivity index (χ0n) is 39.5. The van der Waals surface area contributed by atoms with Crippen LogP contribution in [0.1, 0.15) is 98.4 Å². The van der Waals surface area contributed by atoms with Crippen LogP contribution in [0.25, 0.3) is 10.9 Å². The molecule has 0 bridgehead atoms. The lowest BCUT2D eigenvalue weighted by Crippen LogP contribution is -2.61. The summed E-state index contributed by atoms with van der Waals surface area (Å²) in [5, 5.41) is 62.7. The van der Waals surface area contributed by atoms with Crippen molar-refractivity contribution in [2.24, 2.45) is 23.7 Å². The molecule has 2 aromatic rings. The molecule has 360 valence electrons. The number of benzene rings is 1. The molecule has 17 heteroatoms. The molecule has 0 aliphatic carbocycles. The molecular weight excluding hydrogens is 831 g/mol. The Morgan fingerprint density at radius 2 is 1.59 bits per heavy atom. The average Bonchev–Trinajstić information content (AvgIpc) is 3.24. The summed E-state index contributed by atoms with van der Waals surface area (Å²) < 4.78 is 37.7. The van der Waals surface area contributed by atoms with Crippen LogP contribution in [-0.4, -0.2) is 165 Å². The van der Waals surface area contributed by atoms with Crippen LogP contribution >= 0.6 is 0 Å². The number of nitrogens with zero attached hydrogens (tertiary/aromatic N) is 2.